The summed E-state index contributed by atoms with van der Waals surface area (Å²) >= 11 is 0. The van der Waals surface area contributed by atoms with Crippen LogP contribution in [0.15, 0.2) is 0 Å². The second-order valence-electron chi connectivity index (χ2n) is 4.38. The molecule has 0 radical (unpaired) electrons. The van der Waals surface area contributed by atoms with Crippen molar-refractivity contribution >= 4 is 11.9 Å². The summed E-state index contributed by atoms with van der Waals surface area (Å²) in [5.41, 5.74) is 0. The highest BCUT2D eigenvalue weighted by Crippen LogP contribution is 1.96. The molecule has 0 heterocycles. The Kier molecular flexibility index (Phi) is 8.40. The molecule has 1 unspecified atom stereocenters. The molecule has 0 saturated carbocycles. The number of carbonyl (C=O) groups excluding carboxylic acids is 2. The van der Waals surface area contributed by atoms with Gasteiger partial charge in [-0.05, 0) is 26.2 Å². The molecule has 0 aliphatic heterocycles. The number of hydrogen-bond donors (Lipinski definition) is 2. The van der Waals surface area contributed by atoms with Gasteiger partial charge in [0.1, 0.15) is 0 Å². The molecule has 0 aliphatic carbocycles. The monoisotopic (exact) mass is 244 g/mol. The van der Waals surface area contributed by atoms with Gasteiger partial charge in [0, 0.05) is 6.54 Å². The minimum atomic E-state index is -0.383. The van der Waals surface area contributed by atoms with Crippen LogP contribution in [0, 0.1) is 5.92 Å². The van der Waals surface area contributed by atoms with E-state index in [-0.39, 0.29) is 24.5 Å². The van der Waals surface area contributed by atoms with Crippen molar-refractivity contribution in [1.82, 2.24) is 10.6 Å². The van der Waals surface area contributed by atoms with E-state index < -0.39 is 0 Å². The number of amides is 1. The lowest BCUT2D eigenvalue weighted by molar-refractivity contribution is -0.142. The molecule has 1 amide bonds. The fraction of sp³-hybridized carbons (Fsp3) is 0.833. The Hall–Kier alpha value is -1.10. The van der Waals surface area contributed by atoms with Gasteiger partial charge in [-0.25, -0.2) is 0 Å². The topological polar surface area (TPSA) is 67.4 Å². The van der Waals surface area contributed by atoms with Gasteiger partial charge in [-0.3, -0.25) is 14.9 Å². The SMILES string of the molecule is CCOC(=O)CNC(C)C(=O)NCCC(C)C. The standard InChI is InChI=1S/C12H24N2O3/c1-5-17-11(15)8-14-10(4)12(16)13-7-6-9(2)3/h9-10,14H,5-8H2,1-4H3,(H,13,16). The quantitative estimate of drug-likeness (QED) is 0.616. The Balaban J connectivity index is 3.70. The summed E-state index contributed by atoms with van der Waals surface area (Å²) in [6, 6.07) is -0.383. The molecule has 0 fully saturated rings. The second kappa shape index (κ2) is 8.98. The first-order valence-electron chi connectivity index (χ1n) is 6.14. The van der Waals surface area contributed by atoms with Gasteiger partial charge in [0.2, 0.25) is 5.91 Å². The highest BCUT2D eigenvalue weighted by Gasteiger charge is 2.13. The van der Waals surface area contributed by atoms with E-state index >= 15 is 0 Å². The molecular weight excluding hydrogens is 220 g/mol. The summed E-state index contributed by atoms with van der Waals surface area (Å²) in [6.07, 6.45) is 0.955. The van der Waals surface area contributed by atoms with E-state index in [4.69, 9.17) is 4.74 Å². The van der Waals surface area contributed by atoms with Crippen molar-refractivity contribution in [1.29, 1.82) is 0 Å². The van der Waals surface area contributed by atoms with Gasteiger partial charge < -0.3 is 10.1 Å². The molecule has 1 atom stereocenters. The van der Waals surface area contributed by atoms with Gasteiger partial charge in [-0.15, -0.1) is 0 Å². The number of esters is 1. The van der Waals surface area contributed by atoms with E-state index in [1.54, 1.807) is 13.8 Å². The zero-order valence-corrected chi connectivity index (χ0v) is 11.2. The van der Waals surface area contributed by atoms with Crippen LogP contribution in [-0.2, 0) is 14.3 Å². The lowest BCUT2D eigenvalue weighted by Crippen LogP contribution is -2.44. The van der Waals surface area contributed by atoms with Crippen molar-refractivity contribution in [2.24, 2.45) is 5.92 Å². The van der Waals surface area contributed by atoms with Gasteiger partial charge in [-0.1, -0.05) is 13.8 Å². The maximum atomic E-state index is 11.6. The highest BCUT2D eigenvalue weighted by molar-refractivity contribution is 5.82. The maximum absolute atomic E-state index is 11.6. The lowest BCUT2D eigenvalue weighted by Gasteiger charge is -2.14. The third-order valence-corrected chi connectivity index (χ3v) is 2.27. The first-order chi connectivity index (χ1) is 7.97. The molecule has 0 bridgehead atoms. The van der Waals surface area contributed by atoms with Crippen molar-refractivity contribution in [3.63, 3.8) is 0 Å². The van der Waals surface area contributed by atoms with Gasteiger partial charge in [0.05, 0.1) is 19.2 Å². The van der Waals surface area contributed by atoms with Gasteiger partial charge in [0.15, 0.2) is 0 Å². The summed E-state index contributed by atoms with van der Waals surface area (Å²) in [6.45, 7) is 8.77. The first kappa shape index (κ1) is 15.9. The number of carbonyl (C=O) groups is 2. The molecule has 0 saturated heterocycles. The Morgan fingerprint density at radius 3 is 2.41 bits per heavy atom. The fourth-order valence-electron chi connectivity index (χ4n) is 1.18. The van der Waals surface area contributed by atoms with Gasteiger partial charge >= 0.3 is 5.97 Å². The van der Waals surface area contributed by atoms with E-state index in [2.05, 4.69) is 24.5 Å². The first-order valence-corrected chi connectivity index (χ1v) is 6.14. The van der Waals surface area contributed by atoms with E-state index in [0.717, 1.165) is 6.42 Å². The predicted octanol–water partition coefficient (Wildman–Crippen LogP) is 0.690. The Labute approximate surface area is 103 Å². The molecule has 0 aliphatic rings. The van der Waals surface area contributed by atoms with Crippen LogP contribution in [0.5, 0.6) is 0 Å². The van der Waals surface area contributed by atoms with Crippen molar-refractivity contribution in [2.45, 2.75) is 40.2 Å². The molecule has 0 aromatic rings. The molecule has 0 aromatic heterocycles. The van der Waals surface area contributed by atoms with Gasteiger partial charge in [0.25, 0.3) is 0 Å². The molecule has 17 heavy (non-hydrogen) atoms. The zero-order valence-electron chi connectivity index (χ0n) is 11.2. The molecular formula is C12H24N2O3. The van der Waals surface area contributed by atoms with Crippen LogP contribution in [0.3, 0.4) is 0 Å². The molecule has 100 valence electrons. The van der Waals surface area contributed by atoms with Crippen molar-refractivity contribution in [3.05, 3.63) is 0 Å². The van der Waals surface area contributed by atoms with Crippen LogP contribution in [-0.4, -0.2) is 37.6 Å². The van der Waals surface area contributed by atoms with Crippen LogP contribution in [0.4, 0.5) is 0 Å². The third kappa shape index (κ3) is 8.68. The normalized spacial score (nSPS) is 12.3. The number of rotatable bonds is 8. The molecule has 0 spiro atoms. The van der Waals surface area contributed by atoms with Crippen molar-refractivity contribution in [2.75, 3.05) is 19.7 Å². The number of ether oxygens (including phenoxy) is 1. The van der Waals surface area contributed by atoms with E-state index in [1.807, 2.05) is 0 Å². The lowest BCUT2D eigenvalue weighted by atomic mass is 10.1. The largest absolute Gasteiger partial charge is 0.465 e. The molecule has 2 N–H and O–H groups in total. The van der Waals surface area contributed by atoms with Crippen molar-refractivity contribution < 1.29 is 14.3 Å². The fourth-order valence-corrected chi connectivity index (χ4v) is 1.18. The predicted molar refractivity (Wildman–Crippen MR) is 66.6 cm³/mol. The summed E-state index contributed by atoms with van der Waals surface area (Å²) in [7, 11) is 0. The maximum Gasteiger partial charge on any atom is 0.319 e. The molecule has 0 aromatic carbocycles. The summed E-state index contributed by atoms with van der Waals surface area (Å²) in [4.78, 5) is 22.6. The summed E-state index contributed by atoms with van der Waals surface area (Å²) in [5, 5.41) is 5.63. The molecule has 5 nitrogen and oxygen atoms in total. The average Bonchev–Trinajstić information content (AvgIpc) is 2.25. The van der Waals surface area contributed by atoms with E-state index in [0.29, 0.717) is 19.1 Å². The zero-order chi connectivity index (χ0) is 13.3. The summed E-state index contributed by atoms with van der Waals surface area (Å²) in [5.74, 6) is 0.141. The van der Waals surface area contributed by atoms with Crippen LogP contribution < -0.4 is 10.6 Å². The number of hydrogen-bond acceptors (Lipinski definition) is 4. The Morgan fingerprint density at radius 1 is 1.24 bits per heavy atom. The Bertz CT molecular complexity index is 242. The van der Waals surface area contributed by atoms with Crippen LogP contribution in [0.2, 0.25) is 0 Å². The number of nitrogens with one attached hydrogen (secondary N) is 2. The molecule has 0 rings (SSSR count). The second-order valence-corrected chi connectivity index (χ2v) is 4.38. The smallest absolute Gasteiger partial charge is 0.319 e. The Morgan fingerprint density at radius 2 is 1.88 bits per heavy atom. The van der Waals surface area contributed by atoms with Crippen LogP contribution in [0.25, 0.3) is 0 Å². The van der Waals surface area contributed by atoms with Crippen LogP contribution >= 0.6 is 0 Å². The minimum Gasteiger partial charge on any atom is -0.465 e. The van der Waals surface area contributed by atoms with Crippen LogP contribution in [0.1, 0.15) is 34.1 Å². The van der Waals surface area contributed by atoms with E-state index in [1.165, 1.54) is 0 Å². The molecule has 5 heteroatoms. The third-order valence-electron chi connectivity index (χ3n) is 2.27. The average molecular weight is 244 g/mol. The minimum absolute atomic E-state index is 0.0621. The van der Waals surface area contributed by atoms with Crippen molar-refractivity contribution in [3.8, 4) is 0 Å². The van der Waals surface area contributed by atoms with Gasteiger partial charge in [-0.2, -0.15) is 0 Å². The van der Waals surface area contributed by atoms with E-state index in [9.17, 15) is 9.59 Å². The summed E-state index contributed by atoms with van der Waals surface area (Å²) < 4.78 is 4.75. The highest BCUT2D eigenvalue weighted by atomic mass is 16.5.